The number of nitrogens with one attached hydrogen (secondary N) is 1. The maximum Gasteiger partial charge on any atom is 0.452 e. The van der Waals surface area contributed by atoms with Crippen LogP contribution in [0.15, 0.2) is 75.7 Å². The summed E-state index contributed by atoms with van der Waals surface area (Å²) in [6, 6.07) is 14.1. The molecule has 9 nitrogen and oxygen atoms in total. The van der Waals surface area contributed by atoms with Crippen LogP contribution in [0.2, 0.25) is 0 Å². The highest BCUT2D eigenvalue weighted by Gasteiger charge is 2.63. The van der Waals surface area contributed by atoms with Gasteiger partial charge in [-0.1, -0.05) is 23.4 Å². The second-order valence-corrected chi connectivity index (χ2v) is 12.1. The van der Waals surface area contributed by atoms with Crippen molar-refractivity contribution in [3.63, 3.8) is 0 Å². The van der Waals surface area contributed by atoms with Gasteiger partial charge < -0.3 is 14.5 Å². The summed E-state index contributed by atoms with van der Waals surface area (Å²) in [6.45, 7) is 0.565. The van der Waals surface area contributed by atoms with E-state index in [2.05, 4.69) is 19.4 Å². The molecule has 0 spiro atoms. The molecule has 39 heavy (non-hydrogen) atoms. The molecule has 0 aliphatic heterocycles. The van der Waals surface area contributed by atoms with Crippen LogP contribution in [0, 0.1) is 0 Å². The lowest BCUT2D eigenvalue weighted by atomic mass is 10.1. The third kappa shape index (κ3) is 5.40. The quantitative estimate of drug-likeness (QED) is 0.292. The van der Waals surface area contributed by atoms with Crippen molar-refractivity contribution in [2.45, 2.75) is 34.8 Å². The lowest BCUT2D eigenvalue weighted by Gasteiger charge is -2.20. The molecule has 1 aromatic carbocycles. The number of alkyl halides is 3. The highest BCUT2D eigenvalue weighted by atomic mass is 32.2. The summed E-state index contributed by atoms with van der Waals surface area (Å²) in [5, 5.41) is 13.4. The Kier molecular flexibility index (Phi) is 6.73. The number of benzene rings is 1. The Bertz CT molecular complexity index is 1620. The molecule has 1 aliphatic carbocycles. The molecular formula is C25H21F3N4O5S2. The van der Waals surface area contributed by atoms with Crippen molar-refractivity contribution in [1.29, 1.82) is 0 Å². The minimum Gasteiger partial charge on any atom is -0.480 e. The molecule has 14 heteroatoms. The van der Waals surface area contributed by atoms with Gasteiger partial charge in [-0.2, -0.15) is 17.9 Å². The van der Waals surface area contributed by atoms with Crippen LogP contribution in [0.5, 0.6) is 0 Å². The van der Waals surface area contributed by atoms with Gasteiger partial charge in [-0.05, 0) is 47.9 Å². The van der Waals surface area contributed by atoms with Crippen LogP contribution in [0.25, 0.3) is 10.6 Å². The first kappa shape index (κ1) is 26.8. The summed E-state index contributed by atoms with van der Waals surface area (Å²) >= 11 is 0.656. The Hall–Kier alpha value is -3.75. The number of carboxylic acids is 1. The van der Waals surface area contributed by atoms with Gasteiger partial charge in [-0.25, -0.2) is 8.42 Å². The number of sulfonamides is 1. The van der Waals surface area contributed by atoms with E-state index in [1.165, 1.54) is 12.1 Å². The number of carbonyl (C=O) groups is 1. The maximum atomic E-state index is 13.2. The van der Waals surface area contributed by atoms with Gasteiger partial charge in [0.25, 0.3) is 10.0 Å². The molecule has 0 radical (unpaired) electrons. The van der Waals surface area contributed by atoms with E-state index in [-0.39, 0.29) is 21.2 Å². The van der Waals surface area contributed by atoms with Gasteiger partial charge in [-0.15, -0.1) is 11.3 Å². The largest absolute Gasteiger partial charge is 0.480 e. The second-order valence-electron chi connectivity index (χ2n) is 9.14. The number of rotatable bonds is 9. The molecule has 1 aliphatic rings. The Labute approximate surface area is 224 Å². The number of aliphatic carboxylic acids is 1. The number of nitrogens with zero attached hydrogens (tertiary/aromatic N) is 3. The van der Waals surface area contributed by atoms with Crippen molar-refractivity contribution in [2.24, 2.45) is 0 Å². The van der Waals surface area contributed by atoms with E-state index in [1.807, 2.05) is 36.2 Å². The first-order chi connectivity index (χ1) is 18.4. The van der Waals surface area contributed by atoms with E-state index in [1.54, 1.807) is 24.5 Å². The van der Waals surface area contributed by atoms with E-state index < -0.39 is 39.4 Å². The molecule has 3 aromatic heterocycles. The topological polar surface area (TPSA) is 126 Å². The SMILES string of the molecule is CN(Cc1cccnc1)c1cccc([C@@H]2C[C@]2(NS(=O)(=O)c2ccc(-c3cc(C(F)(F)F)on3)s2)C(=O)O)c1. The van der Waals surface area contributed by atoms with E-state index in [0.717, 1.165) is 11.3 Å². The molecule has 3 heterocycles. The lowest BCUT2D eigenvalue weighted by molar-refractivity contribution is -0.155. The number of thiophene rings is 1. The van der Waals surface area contributed by atoms with Crippen LogP contribution >= 0.6 is 11.3 Å². The standard InChI is InChI=1S/C25H21F3N4O5S2/c1-32(14-15-4-3-9-29-13-15)17-6-2-5-16(10-17)18-12-24(18,23(33)34)31-39(35,36)22-8-7-20(38-22)19-11-21(37-30-19)25(26,27)28/h2-11,13,18,31H,12,14H2,1H3,(H,33,34)/t18-,24+/m0/s1. The van der Waals surface area contributed by atoms with Crippen molar-refractivity contribution in [1.82, 2.24) is 14.9 Å². The van der Waals surface area contributed by atoms with E-state index >= 15 is 0 Å². The van der Waals surface area contributed by atoms with Crippen LogP contribution < -0.4 is 9.62 Å². The number of halogens is 3. The number of hydrogen-bond donors (Lipinski definition) is 2. The van der Waals surface area contributed by atoms with Gasteiger partial charge in [0.05, 0.1) is 4.88 Å². The van der Waals surface area contributed by atoms with Gasteiger partial charge in [0.15, 0.2) is 0 Å². The third-order valence-corrected chi connectivity index (χ3v) is 9.51. The fourth-order valence-electron chi connectivity index (χ4n) is 4.31. The predicted octanol–water partition coefficient (Wildman–Crippen LogP) is 4.74. The third-order valence-electron chi connectivity index (χ3n) is 6.40. The van der Waals surface area contributed by atoms with Crippen molar-refractivity contribution < 1.29 is 36.0 Å². The molecule has 0 bridgehead atoms. The zero-order chi connectivity index (χ0) is 28.0. The summed E-state index contributed by atoms with van der Waals surface area (Å²) in [7, 11) is -2.45. The van der Waals surface area contributed by atoms with Gasteiger partial charge >= 0.3 is 12.1 Å². The molecule has 2 N–H and O–H groups in total. The van der Waals surface area contributed by atoms with Crippen LogP contribution in [0.3, 0.4) is 0 Å². The Morgan fingerprint density at radius 1 is 1.23 bits per heavy atom. The number of hydrogen-bond acceptors (Lipinski definition) is 8. The number of anilines is 1. The molecule has 2 atom stereocenters. The van der Waals surface area contributed by atoms with Crippen molar-refractivity contribution in [3.05, 3.63) is 83.9 Å². The Balaban J connectivity index is 1.35. The zero-order valence-electron chi connectivity index (χ0n) is 20.2. The number of aromatic nitrogens is 2. The van der Waals surface area contributed by atoms with E-state index in [0.29, 0.717) is 29.5 Å². The Morgan fingerprint density at radius 2 is 2.03 bits per heavy atom. The van der Waals surface area contributed by atoms with Gasteiger partial charge in [0.1, 0.15) is 15.4 Å². The summed E-state index contributed by atoms with van der Waals surface area (Å²) < 4.78 is 71.2. The average molecular weight is 579 g/mol. The molecule has 1 fully saturated rings. The smallest absolute Gasteiger partial charge is 0.452 e. The van der Waals surface area contributed by atoms with Gasteiger partial charge in [0.2, 0.25) is 5.76 Å². The van der Waals surface area contributed by atoms with Crippen LogP contribution in [-0.2, 0) is 27.5 Å². The lowest BCUT2D eigenvalue weighted by Crippen LogP contribution is -2.44. The highest BCUT2D eigenvalue weighted by Crippen LogP contribution is 2.53. The van der Waals surface area contributed by atoms with Crippen molar-refractivity contribution in [2.75, 3.05) is 11.9 Å². The molecule has 5 rings (SSSR count). The summed E-state index contributed by atoms with van der Waals surface area (Å²) in [4.78, 5) is 18.5. The fourth-order valence-corrected chi connectivity index (χ4v) is 6.97. The Morgan fingerprint density at radius 3 is 2.69 bits per heavy atom. The zero-order valence-corrected chi connectivity index (χ0v) is 21.8. The predicted molar refractivity (Wildman–Crippen MR) is 136 cm³/mol. The highest BCUT2D eigenvalue weighted by molar-refractivity contribution is 7.91. The monoisotopic (exact) mass is 578 g/mol. The molecule has 0 unspecified atom stereocenters. The molecule has 0 saturated heterocycles. The molecule has 4 aromatic rings. The fraction of sp³-hybridized carbons (Fsp3) is 0.240. The van der Waals surface area contributed by atoms with E-state index in [4.69, 9.17) is 0 Å². The first-order valence-electron chi connectivity index (χ1n) is 11.5. The maximum absolute atomic E-state index is 13.2. The van der Waals surface area contributed by atoms with Crippen LogP contribution in [-0.4, -0.2) is 42.2 Å². The molecular weight excluding hydrogens is 557 g/mol. The van der Waals surface area contributed by atoms with Crippen LogP contribution in [0.4, 0.5) is 18.9 Å². The summed E-state index contributed by atoms with van der Waals surface area (Å²) in [5.74, 6) is -3.26. The van der Waals surface area contributed by atoms with Gasteiger partial charge in [-0.3, -0.25) is 9.78 Å². The summed E-state index contributed by atoms with van der Waals surface area (Å²) in [6.07, 6.45) is -1.27. The minimum atomic E-state index is -4.74. The van der Waals surface area contributed by atoms with E-state index in [9.17, 15) is 31.5 Å². The molecule has 0 amide bonds. The minimum absolute atomic E-state index is 0.0355. The van der Waals surface area contributed by atoms with Crippen molar-refractivity contribution in [3.8, 4) is 10.6 Å². The van der Waals surface area contributed by atoms with Gasteiger partial charge in [0, 0.05) is 43.7 Å². The number of pyridine rings is 1. The van der Waals surface area contributed by atoms with Crippen LogP contribution in [0.1, 0.15) is 29.2 Å². The molecule has 1 saturated carbocycles. The summed E-state index contributed by atoms with van der Waals surface area (Å²) in [5.41, 5.74) is 0.517. The second kappa shape index (κ2) is 9.77. The first-order valence-corrected chi connectivity index (χ1v) is 13.8. The average Bonchev–Trinajstić information content (AvgIpc) is 3.24. The normalized spacial score (nSPS) is 19.1. The molecule has 204 valence electrons. The number of carboxylic acid groups (broad SMARTS) is 1. The van der Waals surface area contributed by atoms with Crippen molar-refractivity contribution >= 4 is 33.0 Å².